The minimum Gasteiger partial charge on any atom is -0.482 e. The van der Waals surface area contributed by atoms with Crippen molar-refractivity contribution in [1.82, 2.24) is 19.0 Å². The van der Waals surface area contributed by atoms with E-state index in [0.29, 0.717) is 31.5 Å². The molecule has 4 heterocycles. The van der Waals surface area contributed by atoms with E-state index in [9.17, 15) is 23.2 Å². The highest BCUT2D eigenvalue weighted by Crippen LogP contribution is 2.32. The van der Waals surface area contributed by atoms with Crippen molar-refractivity contribution in [3.8, 4) is 5.75 Å². The summed E-state index contributed by atoms with van der Waals surface area (Å²) in [6.07, 6.45) is 4.79. The number of likely N-dealkylation sites (tertiary alicyclic amines) is 1. The Hall–Kier alpha value is -3.54. The fraction of sp³-hybridized carbons (Fsp3) is 0.407. The van der Waals surface area contributed by atoms with Crippen molar-refractivity contribution < 1.29 is 22.7 Å². The molecule has 5 rings (SSSR count). The smallest absolute Gasteiger partial charge is 0.332 e. The second-order valence-electron chi connectivity index (χ2n) is 9.52. The van der Waals surface area contributed by atoms with Crippen molar-refractivity contribution in [1.29, 1.82) is 0 Å². The third kappa shape index (κ3) is 5.47. The van der Waals surface area contributed by atoms with Crippen LogP contribution < -0.4 is 16.0 Å². The van der Waals surface area contributed by atoms with Gasteiger partial charge in [-0.05, 0) is 37.0 Å². The summed E-state index contributed by atoms with van der Waals surface area (Å²) in [6.45, 7) is -1.63. The highest BCUT2D eigenvalue weighted by molar-refractivity contribution is 8.08. The fourth-order valence-corrected chi connectivity index (χ4v) is 5.90. The van der Waals surface area contributed by atoms with Crippen LogP contribution >= 0.6 is 11.8 Å². The number of piperidine rings is 1. The molecule has 0 saturated carbocycles. The first-order valence-electron chi connectivity index (χ1n) is 12.7. The summed E-state index contributed by atoms with van der Waals surface area (Å²) in [5, 5.41) is -0.0163. The monoisotopic (exact) mass is 560 g/mol. The van der Waals surface area contributed by atoms with E-state index in [2.05, 4.69) is 11.1 Å². The van der Waals surface area contributed by atoms with Gasteiger partial charge in [-0.2, -0.15) is 0 Å². The SMILES string of the molecule is O=CN1CCC(n2c(=O)n(Cc3ccc(C4=CCCS4)nc3)c(=O)c3cc(OC(CF)CF)c(F)cc32)CC1. The van der Waals surface area contributed by atoms with Crippen LogP contribution in [0.2, 0.25) is 0 Å². The second kappa shape index (κ2) is 11.7. The van der Waals surface area contributed by atoms with Crippen LogP contribution in [0, 0.1) is 5.82 Å². The molecule has 3 aromatic rings. The van der Waals surface area contributed by atoms with E-state index in [1.165, 1.54) is 4.57 Å². The summed E-state index contributed by atoms with van der Waals surface area (Å²) in [4.78, 5) is 45.7. The van der Waals surface area contributed by atoms with Crippen LogP contribution in [0.15, 0.2) is 46.1 Å². The number of benzene rings is 1. The minimum absolute atomic E-state index is 0.0163. The Balaban J connectivity index is 1.60. The number of allylic oxidation sites excluding steroid dienone is 1. The van der Waals surface area contributed by atoms with E-state index in [0.717, 1.165) is 45.9 Å². The van der Waals surface area contributed by atoms with E-state index >= 15 is 4.39 Å². The third-order valence-electron chi connectivity index (χ3n) is 7.00. The zero-order valence-electron chi connectivity index (χ0n) is 21.0. The summed E-state index contributed by atoms with van der Waals surface area (Å²) >= 11 is 1.72. The van der Waals surface area contributed by atoms with E-state index < -0.39 is 48.3 Å². The van der Waals surface area contributed by atoms with E-state index in [4.69, 9.17) is 4.74 Å². The van der Waals surface area contributed by atoms with Gasteiger partial charge in [-0.1, -0.05) is 12.1 Å². The molecule has 206 valence electrons. The standard InChI is InChI=1S/C27H27F3N4O4S/c28-12-19(13-29)38-24-10-20-23(11-21(24)30)34(18-5-7-32(16-35)8-6-18)27(37)33(26(20)36)15-17-3-4-22(31-14-17)25-2-1-9-39-25/h2-4,10-11,14,16,18-19H,1,5-9,12-13,15H2. The average Bonchev–Trinajstić information content (AvgIpc) is 3.50. The van der Waals surface area contributed by atoms with Gasteiger partial charge in [0.2, 0.25) is 6.41 Å². The molecule has 0 aliphatic carbocycles. The molecule has 0 radical (unpaired) electrons. The van der Waals surface area contributed by atoms with Crippen LogP contribution in [0.4, 0.5) is 13.2 Å². The lowest BCUT2D eigenvalue weighted by atomic mass is 10.0. The van der Waals surface area contributed by atoms with Crippen LogP contribution in [0.25, 0.3) is 15.8 Å². The van der Waals surface area contributed by atoms with E-state index in [1.807, 2.05) is 6.07 Å². The number of pyridine rings is 1. The lowest BCUT2D eigenvalue weighted by Crippen LogP contribution is -2.44. The number of halogens is 3. The Morgan fingerprint density at radius 2 is 1.92 bits per heavy atom. The van der Waals surface area contributed by atoms with Crippen LogP contribution in [0.5, 0.6) is 5.75 Å². The Bertz CT molecular complexity index is 1510. The second-order valence-corrected chi connectivity index (χ2v) is 10.7. The first-order valence-corrected chi connectivity index (χ1v) is 13.7. The van der Waals surface area contributed by atoms with Crippen molar-refractivity contribution in [3.63, 3.8) is 0 Å². The number of carbonyl (C=O) groups excluding carboxylic acids is 1. The molecule has 2 aliphatic rings. The number of hydrogen-bond acceptors (Lipinski definition) is 6. The number of rotatable bonds is 9. The van der Waals surface area contributed by atoms with E-state index in [-0.39, 0.29) is 17.4 Å². The van der Waals surface area contributed by atoms with E-state index in [1.54, 1.807) is 28.9 Å². The van der Waals surface area contributed by atoms with Gasteiger partial charge in [-0.25, -0.2) is 18.0 Å². The maximum absolute atomic E-state index is 15.0. The van der Waals surface area contributed by atoms with Crippen LogP contribution in [0.1, 0.15) is 36.6 Å². The van der Waals surface area contributed by atoms with Gasteiger partial charge in [0.05, 0.1) is 23.1 Å². The normalized spacial score (nSPS) is 16.2. The molecule has 0 bridgehead atoms. The largest absolute Gasteiger partial charge is 0.482 e. The highest BCUT2D eigenvalue weighted by Gasteiger charge is 2.26. The van der Waals surface area contributed by atoms with Gasteiger partial charge in [0.1, 0.15) is 13.3 Å². The Kier molecular flexibility index (Phi) is 8.10. The first kappa shape index (κ1) is 27.0. The van der Waals surface area contributed by atoms with Gasteiger partial charge in [-0.3, -0.25) is 23.7 Å². The topological polar surface area (TPSA) is 86.4 Å². The number of amides is 1. The summed E-state index contributed by atoms with van der Waals surface area (Å²) in [7, 11) is 0. The molecular weight excluding hydrogens is 533 g/mol. The Morgan fingerprint density at radius 3 is 2.54 bits per heavy atom. The average molecular weight is 561 g/mol. The lowest BCUT2D eigenvalue weighted by molar-refractivity contribution is -0.119. The van der Waals surface area contributed by atoms with Crippen molar-refractivity contribution in [2.45, 2.75) is 38.0 Å². The maximum Gasteiger partial charge on any atom is 0.332 e. The summed E-state index contributed by atoms with van der Waals surface area (Å²) in [6, 6.07) is 5.35. The van der Waals surface area contributed by atoms with Crippen molar-refractivity contribution in [3.05, 3.63) is 74.5 Å². The number of ether oxygens (including phenoxy) is 1. The van der Waals surface area contributed by atoms with Gasteiger partial charge in [0, 0.05) is 42.1 Å². The molecule has 8 nitrogen and oxygen atoms in total. The lowest BCUT2D eigenvalue weighted by Gasteiger charge is -2.31. The van der Waals surface area contributed by atoms with Crippen LogP contribution in [-0.2, 0) is 11.3 Å². The molecule has 2 aromatic heterocycles. The summed E-state index contributed by atoms with van der Waals surface area (Å²) in [5.41, 5.74) is 0.201. The predicted molar refractivity (Wildman–Crippen MR) is 143 cm³/mol. The minimum atomic E-state index is -1.52. The van der Waals surface area contributed by atoms with Gasteiger partial charge < -0.3 is 9.64 Å². The quantitative estimate of drug-likeness (QED) is 0.371. The van der Waals surface area contributed by atoms with Crippen molar-refractivity contribution >= 4 is 34.0 Å². The van der Waals surface area contributed by atoms with Gasteiger partial charge >= 0.3 is 5.69 Å². The molecule has 1 amide bonds. The number of fused-ring (bicyclic) bond motifs is 1. The number of alkyl halides is 2. The zero-order chi connectivity index (χ0) is 27.5. The number of hydrogen-bond donors (Lipinski definition) is 0. The maximum atomic E-state index is 15.0. The zero-order valence-corrected chi connectivity index (χ0v) is 21.8. The molecular formula is C27H27F3N4O4S. The third-order valence-corrected chi connectivity index (χ3v) is 8.12. The van der Waals surface area contributed by atoms with Gasteiger partial charge in [0.25, 0.3) is 5.56 Å². The molecule has 0 N–H and O–H groups in total. The predicted octanol–water partition coefficient (Wildman–Crippen LogP) is 3.70. The number of thioether (sulfide) groups is 1. The number of carbonyl (C=O) groups is 1. The highest BCUT2D eigenvalue weighted by atomic mass is 32.2. The number of aromatic nitrogens is 3. The van der Waals surface area contributed by atoms with Crippen LogP contribution in [0.3, 0.4) is 0 Å². The molecule has 0 unspecified atom stereocenters. The molecule has 1 aromatic carbocycles. The summed E-state index contributed by atoms with van der Waals surface area (Å²) < 4.78 is 48.8. The summed E-state index contributed by atoms with van der Waals surface area (Å²) in [5.74, 6) is -0.412. The molecule has 0 atom stereocenters. The molecule has 2 aliphatic heterocycles. The van der Waals surface area contributed by atoms with Crippen LogP contribution in [-0.4, -0.2) is 63.7 Å². The first-order chi connectivity index (χ1) is 18.9. The molecule has 39 heavy (non-hydrogen) atoms. The Labute approximate surface area is 226 Å². The fourth-order valence-electron chi connectivity index (χ4n) is 4.94. The molecule has 12 heteroatoms. The van der Waals surface area contributed by atoms with Crippen molar-refractivity contribution in [2.75, 3.05) is 32.2 Å². The number of nitrogens with zero attached hydrogens (tertiary/aromatic N) is 4. The molecule has 0 spiro atoms. The molecule has 1 fully saturated rings. The van der Waals surface area contributed by atoms with Gasteiger partial charge in [-0.15, -0.1) is 11.8 Å². The molecule has 1 saturated heterocycles. The van der Waals surface area contributed by atoms with Gasteiger partial charge in [0.15, 0.2) is 17.7 Å². The Morgan fingerprint density at radius 1 is 1.15 bits per heavy atom. The van der Waals surface area contributed by atoms with Crippen molar-refractivity contribution in [2.24, 2.45) is 0 Å².